The van der Waals surface area contributed by atoms with Crippen molar-refractivity contribution in [2.45, 2.75) is 73.0 Å². The average molecular weight is 476 g/mol. The van der Waals surface area contributed by atoms with Gasteiger partial charge < -0.3 is 14.7 Å². The number of aromatic nitrogens is 1. The number of benzene rings is 1. The highest BCUT2D eigenvalue weighted by Gasteiger charge is 2.36. The number of aliphatic carboxylic acids is 1. The number of rotatable bonds is 6. The second-order valence-electron chi connectivity index (χ2n) is 11.1. The maximum atomic E-state index is 12.5. The molecule has 0 unspecified atom stereocenters. The lowest BCUT2D eigenvalue weighted by molar-refractivity contribution is -0.160. The molecule has 0 radical (unpaired) electrons. The van der Waals surface area contributed by atoms with Crippen molar-refractivity contribution in [3.8, 4) is 17.2 Å². The van der Waals surface area contributed by atoms with E-state index in [4.69, 9.17) is 15.0 Å². The highest BCUT2D eigenvalue weighted by molar-refractivity contribution is 5.88. The van der Waals surface area contributed by atoms with Gasteiger partial charge in [0.1, 0.15) is 0 Å². The van der Waals surface area contributed by atoms with Crippen LogP contribution in [0.5, 0.6) is 0 Å². The van der Waals surface area contributed by atoms with Crippen LogP contribution in [0.25, 0.3) is 17.2 Å². The summed E-state index contributed by atoms with van der Waals surface area (Å²) in [7, 11) is 0. The van der Waals surface area contributed by atoms with Gasteiger partial charge in [0.2, 0.25) is 0 Å². The van der Waals surface area contributed by atoms with Gasteiger partial charge in [-0.1, -0.05) is 38.1 Å². The molecule has 6 nitrogen and oxygen atoms in total. The lowest BCUT2D eigenvalue weighted by atomic mass is 9.81. The van der Waals surface area contributed by atoms with E-state index in [1.165, 1.54) is 6.08 Å². The summed E-state index contributed by atoms with van der Waals surface area (Å²) >= 11 is 0. The summed E-state index contributed by atoms with van der Waals surface area (Å²) in [4.78, 5) is 19.7. The number of nitriles is 1. The molecule has 1 aromatic carbocycles. The van der Waals surface area contributed by atoms with Crippen molar-refractivity contribution in [1.29, 1.82) is 5.26 Å². The normalized spacial score (nSPS) is 16.8. The standard InChI is InChI=1S/C29H37N3O3/c1-19-23(22-12-10-21(11-13-22)9-8-16-30)25(32-17-14-29(6,7)15-18-32)24(20(2)31-19)26(27(33)34)35-28(3,4)5/h8-13,26H,14-15,17-18H2,1-7H3,(H,33,34)/t26-/m0/s1. The van der Waals surface area contributed by atoms with E-state index in [2.05, 4.69) is 18.7 Å². The second-order valence-corrected chi connectivity index (χ2v) is 11.1. The molecular weight excluding hydrogens is 438 g/mol. The van der Waals surface area contributed by atoms with Crippen LogP contribution >= 0.6 is 0 Å². The van der Waals surface area contributed by atoms with Crippen LogP contribution in [0.3, 0.4) is 0 Å². The fraction of sp³-hybridized carbons (Fsp3) is 0.483. The van der Waals surface area contributed by atoms with Crippen LogP contribution in [0, 0.1) is 30.6 Å². The predicted molar refractivity (Wildman–Crippen MR) is 140 cm³/mol. The Kier molecular flexibility index (Phi) is 7.71. The Morgan fingerprint density at radius 2 is 1.77 bits per heavy atom. The van der Waals surface area contributed by atoms with E-state index in [1.807, 2.05) is 65.0 Å². The summed E-state index contributed by atoms with van der Waals surface area (Å²) in [5.41, 5.74) is 5.49. The number of allylic oxidation sites excluding steroid dienone is 1. The first-order valence-corrected chi connectivity index (χ1v) is 12.2. The molecule has 1 aliphatic heterocycles. The van der Waals surface area contributed by atoms with Crippen molar-refractivity contribution in [3.05, 3.63) is 52.9 Å². The van der Waals surface area contributed by atoms with Crippen LogP contribution in [0.15, 0.2) is 30.3 Å². The smallest absolute Gasteiger partial charge is 0.337 e. The minimum Gasteiger partial charge on any atom is -0.479 e. The average Bonchev–Trinajstić information content (AvgIpc) is 2.76. The molecular formula is C29H37N3O3. The molecule has 186 valence electrons. The van der Waals surface area contributed by atoms with Crippen molar-refractivity contribution in [2.75, 3.05) is 18.0 Å². The fourth-order valence-corrected chi connectivity index (χ4v) is 4.65. The highest BCUT2D eigenvalue weighted by atomic mass is 16.5. The van der Waals surface area contributed by atoms with E-state index in [9.17, 15) is 9.90 Å². The van der Waals surface area contributed by atoms with E-state index in [0.29, 0.717) is 11.3 Å². The number of pyridine rings is 1. The van der Waals surface area contributed by atoms with Gasteiger partial charge in [-0.05, 0) is 70.1 Å². The Balaban J connectivity index is 2.26. The van der Waals surface area contributed by atoms with Crippen LogP contribution in [0.4, 0.5) is 5.69 Å². The van der Waals surface area contributed by atoms with Gasteiger partial charge in [0.05, 0.1) is 17.4 Å². The number of aryl methyl sites for hydroxylation is 2. The summed E-state index contributed by atoms with van der Waals surface area (Å²) < 4.78 is 6.13. The molecule has 0 aliphatic carbocycles. The summed E-state index contributed by atoms with van der Waals surface area (Å²) in [5, 5.41) is 19.1. The van der Waals surface area contributed by atoms with Gasteiger partial charge in [-0.2, -0.15) is 5.26 Å². The van der Waals surface area contributed by atoms with Gasteiger partial charge in [-0.3, -0.25) is 4.98 Å². The number of hydrogen-bond acceptors (Lipinski definition) is 5. The van der Waals surface area contributed by atoms with Gasteiger partial charge in [0.25, 0.3) is 0 Å². The van der Waals surface area contributed by atoms with E-state index in [0.717, 1.165) is 54.0 Å². The molecule has 1 atom stereocenters. The third-order valence-electron chi connectivity index (χ3n) is 6.52. The molecule has 35 heavy (non-hydrogen) atoms. The molecule has 0 spiro atoms. The van der Waals surface area contributed by atoms with Gasteiger partial charge in [-0.15, -0.1) is 0 Å². The number of piperidine rings is 1. The van der Waals surface area contributed by atoms with Gasteiger partial charge in [0.15, 0.2) is 6.10 Å². The maximum Gasteiger partial charge on any atom is 0.337 e. The molecule has 3 rings (SSSR count). The molecule has 1 fully saturated rings. The molecule has 1 N–H and O–H groups in total. The molecule has 1 aliphatic rings. The zero-order chi connectivity index (χ0) is 26.0. The Labute approximate surface area is 209 Å². The van der Waals surface area contributed by atoms with Crippen LogP contribution in [0.2, 0.25) is 0 Å². The molecule has 6 heteroatoms. The van der Waals surface area contributed by atoms with Gasteiger partial charge >= 0.3 is 5.97 Å². The molecule has 1 saturated heterocycles. The number of carboxylic acid groups (broad SMARTS) is 1. The van der Waals surface area contributed by atoms with Crippen LogP contribution in [-0.4, -0.2) is 34.8 Å². The van der Waals surface area contributed by atoms with Crippen LogP contribution < -0.4 is 4.90 Å². The zero-order valence-electron chi connectivity index (χ0n) is 22.0. The summed E-state index contributed by atoms with van der Waals surface area (Å²) in [5.74, 6) is -1.02. The molecule has 0 amide bonds. The highest BCUT2D eigenvalue weighted by Crippen LogP contribution is 2.44. The first-order valence-electron chi connectivity index (χ1n) is 12.2. The molecule has 2 heterocycles. The lowest BCUT2D eigenvalue weighted by Crippen LogP contribution is -2.39. The molecule has 0 saturated carbocycles. The fourth-order valence-electron chi connectivity index (χ4n) is 4.65. The predicted octanol–water partition coefficient (Wildman–Crippen LogP) is 6.47. The third kappa shape index (κ3) is 6.29. The third-order valence-corrected chi connectivity index (χ3v) is 6.52. The topological polar surface area (TPSA) is 86.5 Å². The van der Waals surface area contributed by atoms with Crippen molar-refractivity contribution in [2.24, 2.45) is 5.41 Å². The number of nitrogens with zero attached hydrogens (tertiary/aromatic N) is 3. The van der Waals surface area contributed by atoms with Crippen molar-refractivity contribution < 1.29 is 14.6 Å². The molecule has 1 aromatic heterocycles. The number of ether oxygens (including phenoxy) is 1. The van der Waals surface area contributed by atoms with Gasteiger partial charge in [0, 0.05) is 41.7 Å². The quantitative estimate of drug-likeness (QED) is 0.482. The van der Waals surface area contributed by atoms with E-state index < -0.39 is 17.7 Å². The van der Waals surface area contributed by atoms with Gasteiger partial charge in [-0.25, -0.2) is 4.79 Å². The Morgan fingerprint density at radius 3 is 2.29 bits per heavy atom. The monoisotopic (exact) mass is 475 g/mol. The summed E-state index contributed by atoms with van der Waals surface area (Å²) in [6, 6.07) is 9.97. The minimum absolute atomic E-state index is 0.247. The van der Waals surface area contributed by atoms with Crippen molar-refractivity contribution >= 4 is 17.7 Å². The number of anilines is 1. The van der Waals surface area contributed by atoms with E-state index in [1.54, 1.807) is 6.08 Å². The number of hydrogen-bond donors (Lipinski definition) is 1. The lowest BCUT2D eigenvalue weighted by Gasteiger charge is -2.41. The molecule has 0 bridgehead atoms. The van der Waals surface area contributed by atoms with Crippen molar-refractivity contribution in [3.63, 3.8) is 0 Å². The largest absolute Gasteiger partial charge is 0.479 e. The molecule has 2 aromatic rings. The Bertz CT molecular complexity index is 1140. The Morgan fingerprint density at radius 1 is 1.17 bits per heavy atom. The van der Waals surface area contributed by atoms with Crippen LogP contribution in [-0.2, 0) is 9.53 Å². The number of carbonyl (C=O) groups is 1. The van der Waals surface area contributed by atoms with E-state index >= 15 is 0 Å². The first kappa shape index (κ1) is 26.4. The minimum atomic E-state index is -1.13. The SMILES string of the molecule is Cc1nc(C)c([C@H](OC(C)(C)C)C(=O)O)c(N2CCC(C)(C)CC2)c1-c1ccc(C=CC#N)cc1. The Hall–Kier alpha value is -3.17. The first-order chi connectivity index (χ1) is 16.3. The second kappa shape index (κ2) is 10.2. The summed E-state index contributed by atoms with van der Waals surface area (Å²) in [6.07, 6.45) is 4.11. The summed E-state index contributed by atoms with van der Waals surface area (Å²) in [6.45, 7) is 15.7. The van der Waals surface area contributed by atoms with Crippen LogP contribution in [0.1, 0.15) is 76.1 Å². The van der Waals surface area contributed by atoms with Crippen molar-refractivity contribution in [1.82, 2.24) is 4.98 Å². The zero-order valence-corrected chi connectivity index (χ0v) is 22.0. The van der Waals surface area contributed by atoms with E-state index in [-0.39, 0.29) is 5.41 Å². The number of carboxylic acids is 1. The maximum absolute atomic E-state index is 12.5.